The number of nitrogens with zero attached hydrogens (tertiary/aromatic N) is 3. The molecule has 212 valence electrons. The Kier molecular flexibility index (Phi) is 8.28. The first kappa shape index (κ1) is 29.3. The molecule has 0 spiro atoms. The number of Topliss-reactive ketones (excluding diaryl/α,β-unsaturated/α-hetero) is 1. The molecule has 3 saturated heterocycles. The van der Waals surface area contributed by atoms with Gasteiger partial charge in [0.25, 0.3) is 5.72 Å². The Labute approximate surface area is 236 Å². The van der Waals surface area contributed by atoms with Crippen LogP contribution in [0.5, 0.6) is 0 Å². The van der Waals surface area contributed by atoms with Crippen molar-refractivity contribution in [1.82, 2.24) is 9.88 Å². The number of rotatable bonds is 9. The van der Waals surface area contributed by atoms with Gasteiger partial charge in [0.1, 0.15) is 18.9 Å². The van der Waals surface area contributed by atoms with E-state index in [-0.39, 0.29) is 29.9 Å². The third-order valence-electron chi connectivity index (χ3n) is 6.87. The lowest BCUT2D eigenvalue weighted by atomic mass is 9.81. The molecule has 3 aliphatic rings. The molecule has 1 aromatic heterocycles. The van der Waals surface area contributed by atoms with Crippen molar-refractivity contribution in [1.29, 1.82) is 0 Å². The van der Waals surface area contributed by atoms with Crippen molar-refractivity contribution in [3.8, 4) is 0 Å². The number of aryl methyl sites for hydroxylation is 1. The molecule has 0 saturated carbocycles. The second kappa shape index (κ2) is 11.0. The van der Waals surface area contributed by atoms with Crippen molar-refractivity contribution in [2.24, 2.45) is 28.3 Å². The number of allylic oxidation sites excluding steroid dienone is 1. The molecular weight excluding hydrogens is 542 g/mol. The van der Waals surface area contributed by atoms with Crippen molar-refractivity contribution in [2.45, 2.75) is 66.0 Å². The molecule has 10 nitrogen and oxygen atoms in total. The topological polar surface area (TPSA) is 124 Å². The molecule has 0 radical (unpaired) electrons. The number of amides is 1. The molecule has 1 amide bonds. The quantitative estimate of drug-likeness (QED) is 0.142. The number of fused-ring (bicyclic) bond motifs is 3. The predicted octanol–water partition coefficient (Wildman–Crippen LogP) is 3.72. The Morgan fingerprint density at radius 2 is 2.03 bits per heavy atom. The van der Waals surface area contributed by atoms with Gasteiger partial charge in [-0.2, -0.15) is 0 Å². The minimum atomic E-state index is -1.82. The third-order valence-corrected chi connectivity index (χ3v) is 9.08. The Morgan fingerprint density at radius 1 is 1.31 bits per heavy atom. The standard InChI is InChI=1S/C27H35N3O7S2/c1-14(2)8-9-35-25(34)27-18(15(3)24(33)37-27)11-39-23-17(22(32)30(23)27)10-20(31)21(19-12-38-16(4)28-19)29-36-13-26(5,6)7/h8,12,15,17-18,23H,9-11,13H2,1-7H3/b29-21-/t15-,17+,18+,23+,27+/m0/s1. The normalized spacial score (nSPS) is 28.2. The number of carbonyl (C=O) groups is 4. The molecule has 12 heteroatoms. The van der Waals surface area contributed by atoms with Crippen molar-refractivity contribution in [3.05, 3.63) is 27.7 Å². The Bertz CT molecular complexity index is 1230. The number of carbonyl (C=O) groups excluding carboxylic acids is 4. The number of ether oxygens (including phenoxy) is 2. The van der Waals surface area contributed by atoms with E-state index < -0.39 is 46.7 Å². The molecule has 4 rings (SSSR count). The summed E-state index contributed by atoms with van der Waals surface area (Å²) in [5.74, 6) is -3.55. The van der Waals surface area contributed by atoms with Gasteiger partial charge in [-0.3, -0.25) is 19.3 Å². The van der Waals surface area contributed by atoms with Gasteiger partial charge in [0, 0.05) is 17.6 Å². The molecule has 0 bridgehead atoms. The summed E-state index contributed by atoms with van der Waals surface area (Å²) in [5, 5.41) is 6.10. The summed E-state index contributed by atoms with van der Waals surface area (Å²) in [6, 6.07) is 0. The highest BCUT2D eigenvalue weighted by atomic mass is 32.2. The maximum absolute atomic E-state index is 13.6. The molecular formula is C27H35N3O7S2. The Balaban J connectivity index is 1.56. The van der Waals surface area contributed by atoms with Gasteiger partial charge in [0.15, 0.2) is 11.5 Å². The largest absolute Gasteiger partial charge is 0.457 e. The Hall–Kier alpha value is -2.73. The van der Waals surface area contributed by atoms with Gasteiger partial charge in [-0.1, -0.05) is 38.4 Å². The highest BCUT2D eigenvalue weighted by molar-refractivity contribution is 8.00. The minimum Gasteiger partial charge on any atom is -0.457 e. The number of oxime groups is 1. The van der Waals surface area contributed by atoms with Crippen LogP contribution in [0.15, 0.2) is 22.2 Å². The molecule has 0 aliphatic carbocycles. The monoisotopic (exact) mass is 577 g/mol. The minimum absolute atomic E-state index is 0.00473. The van der Waals surface area contributed by atoms with Gasteiger partial charge in [-0.25, -0.2) is 9.78 Å². The van der Waals surface area contributed by atoms with Crippen molar-refractivity contribution >= 4 is 52.4 Å². The summed E-state index contributed by atoms with van der Waals surface area (Å²) in [4.78, 5) is 64.2. The van der Waals surface area contributed by atoms with Gasteiger partial charge in [-0.05, 0) is 32.3 Å². The van der Waals surface area contributed by atoms with Crippen LogP contribution in [-0.4, -0.2) is 69.3 Å². The van der Waals surface area contributed by atoms with E-state index in [0.717, 1.165) is 10.6 Å². The van der Waals surface area contributed by atoms with Crippen LogP contribution in [0.1, 0.15) is 58.7 Å². The fourth-order valence-electron chi connectivity index (χ4n) is 4.75. The van der Waals surface area contributed by atoms with Crippen LogP contribution in [0, 0.1) is 30.1 Å². The summed E-state index contributed by atoms with van der Waals surface area (Å²) < 4.78 is 11.1. The zero-order valence-corrected chi connectivity index (χ0v) is 24.9. The second-order valence-electron chi connectivity index (χ2n) is 11.6. The van der Waals surface area contributed by atoms with E-state index in [1.165, 1.54) is 28.0 Å². The van der Waals surface area contributed by atoms with E-state index in [1.807, 2.05) is 41.5 Å². The average Bonchev–Trinajstić information content (AvgIpc) is 3.38. The predicted molar refractivity (Wildman–Crippen MR) is 147 cm³/mol. The first-order valence-corrected chi connectivity index (χ1v) is 14.8. The van der Waals surface area contributed by atoms with Crippen LogP contribution < -0.4 is 0 Å². The zero-order valence-electron chi connectivity index (χ0n) is 23.3. The third kappa shape index (κ3) is 5.63. The van der Waals surface area contributed by atoms with E-state index in [2.05, 4.69) is 10.1 Å². The van der Waals surface area contributed by atoms with E-state index in [9.17, 15) is 19.2 Å². The van der Waals surface area contributed by atoms with Crippen LogP contribution in [-0.2, 0) is 33.5 Å². The first-order valence-electron chi connectivity index (χ1n) is 12.9. The lowest BCUT2D eigenvalue weighted by Crippen LogP contribution is -2.76. The fourth-order valence-corrected chi connectivity index (χ4v) is 7.12. The van der Waals surface area contributed by atoms with Crippen LogP contribution in [0.4, 0.5) is 0 Å². The van der Waals surface area contributed by atoms with Gasteiger partial charge in [0.2, 0.25) is 5.91 Å². The number of hydrogen-bond donors (Lipinski definition) is 0. The van der Waals surface area contributed by atoms with Crippen LogP contribution >= 0.6 is 23.1 Å². The highest BCUT2D eigenvalue weighted by Gasteiger charge is 2.73. The van der Waals surface area contributed by atoms with E-state index in [4.69, 9.17) is 14.3 Å². The van der Waals surface area contributed by atoms with E-state index in [1.54, 1.807) is 18.4 Å². The number of β-lactam (4-membered cyclic amide) rings is 1. The average molecular weight is 578 g/mol. The number of esters is 2. The second-order valence-corrected chi connectivity index (χ2v) is 13.8. The number of ketones is 1. The number of hydrogen-bond acceptors (Lipinski definition) is 11. The summed E-state index contributed by atoms with van der Waals surface area (Å²) in [7, 11) is 0. The molecule has 5 atom stereocenters. The first-order chi connectivity index (χ1) is 18.3. The summed E-state index contributed by atoms with van der Waals surface area (Å²) in [6.07, 6.45) is 1.60. The fraction of sp³-hybridized carbons (Fsp3) is 0.630. The van der Waals surface area contributed by atoms with Gasteiger partial charge >= 0.3 is 11.9 Å². The summed E-state index contributed by atoms with van der Waals surface area (Å²) in [5.41, 5.74) is -0.569. The van der Waals surface area contributed by atoms with Gasteiger partial charge in [-0.15, -0.1) is 23.1 Å². The molecule has 4 heterocycles. The van der Waals surface area contributed by atoms with E-state index in [0.29, 0.717) is 18.1 Å². The van der Waals surface area contributed by atoms with Crippen LogP contribution in [0.3, 0.4) is 0 Å². The van der Waals surface area contributed by atoms with Crippen LogP contribution in [0.25, 0.3) is 0 Å². The zero-order chi connectivity index (χ0) is 28.7. The molecule has 0 aromatic carbocycles. The van der Waals surface area contributed by atoms with Crippen molar-refractivity contribution < 1.29 is 33.5 Å². The molecule has 0 N–H and O–H groups in total. The smallest absolute Gasteiger partial charge is 0.373 e. The number of thioether (sulfide) groups is 1. The molecule has 1 aromatic rings. The number of aromatic nitrogens is 1. The highest BCUT2D eigenvalue weighted by Crippen LogP contribution is 2.55. The number of thiazole rings is 1. The molecule has 0 unspecified atom stereocenters. The molecule has 3 fully saturated rings. The lowest BCUT2D eigenvalue weighted by Gasteiger charge is -2.57. The molecule has 3 aliphatic heterocycles. The van der Waals surface area contributed by atoms with Crippen molar-refractivity contribution in [3.63, 3.8) is 0 Å². The maximum atomic E-state index is 13.6. The SMILES string of the molecule is CC(C)=CCOC(=O)[C@]12OC(=O)[C@@H](C)[C@H]1CS[C@@H]1[C@H](CC(=O)/C(=N\OCC(C)(C)C)c3csc(C)n3)C(=O)N12. The summed E-state index contributed by atoms with van der Waals surface area (Å²) >= 11 is 2.83. The van der Waals surface area contributed by atoms with Crippen LogP contribution in [0.2, 0.25) is 0 Å². The maximum Gasteiger partial charge on any atom is 0.373 e. The Morgan fingerprint density at radius 3 is 2.64 bits per heavy atom. The van der Waals surface area contributed by atoms with E-state index >= 15 is 0 Å². The summed E-state index contributed by atoms with van der Waals surface area (Å²) in [6.45, 7) is 13.5. The van der Waals surface area contributed by atoms with Gasteiger partial charge in [0.05, 0.1) is 28.1 Å². The van der Waals surface area contributed by atoms with Crippen molar-refractivity contribution in [2.75, 3.05) is 19.0 Å². The molecule has 39 heavy (non-hydrogen) atoms. The lowest BCUT2D eigenvalue weighted by molar-refractivity contribution is -0.222. The van der Waals surface area contributed by atoms with Gasteiger partial charge < -0.3 is 14.3 Å².